The fourth-order valence-electron chi connectivity index (χ4n) is 3.00. The van der Waals surface area contributed by atoms with E-state index in [-0.39, 0.29) is 5.91 Å². The Morgan fingerprint density at radius 2 is 1.88 bits per heavy atom. The molecular formula is C21H20N2O. The van der Waals surface area contributed by atoms with Gasteiger partial charge >= 0.3 is 0 Å². The van der Waals surface area contributed by atoms with Crippen molar-refractivity contribution in [1.29, 1.82) is 0 Å². The zero-order valence-electron chi connectivity index (χ0n) is 14.0. The van der Waals surface area contributed by atoms with Crippen molar-refractivity contribution in [3.63, 3.8) is 0 Å². The second-order valence-electron chi connectivity index (χ2n) is 6.64. The largest absolute Gasteiger partial charge is 0.349 e. The van der Waals surface area contributed by atoms with Gasteiger partial charge in [-0.3, -0.25) is 4.79 Å². The molecule has 1 aliphatic rings. The molecule has 1 amide bonds. The van der Waals surface area contributed by atoms with E-state index < -0.39 is 0 Å². The summed E-state index contributed by atoms with van der Waals surface area (Å²) in [5.74, 6) is 0.00246. The number of aromatic nitrogens is 1. The number of hydrogen-bond donors (Lipinski definition) is 1. The third-order valence-corrected chi connectivity index (χ3v) is 4.54. The van der Waals surface area contributed by atoms with Gasteiger partial charge < -0.3 is 5.32 Å². The molecule has 0 bridgehead atoms. The van der Waals surface area contributed by atoms with E-state index >= 15 is 0 Å². The topological polar surface area (TPSA) is 42.0 Å². The minimum absolute atomic E-state index is 0.00246. The van der Waals surface area contributed by atoms with E-state index in [4.69, 9.17) is 4.98 Å². The smallest absolute Gasteiger partial charge is 0.252 e. The van der Waals surface area contributed by atoms with Gasteiger partial charge in [0, 0.05) is 17.0 Å². The van der Waals surface area contributed by atoms with E-state index in [1.165, 1.54) is 5.56 Å². The van der Waals surface area contributed by atoms with E-state index in [2.05, 4.69) is 37.4 Å². The molecule has 0 atom stereocenters. The van der Waals surface area contributed by atoms with Gasteiger partial charge in [0.2, 0.25) is 0 Å². The molecule has 4 rings (SSSR count). The predicted molar refractivity (Wildman–Crippen MR) is 97.1 cm³/mol. The molecule has 1 aromatic heterocycles. The van der Waals surface area contributed by atoms with Crippen LogP contribution in [0.5, 0.6) is 0 Å². The van der Waals surface area contributed by atoms with Crippen molar-refractivity contribution in [2.75, 3.05) is 0 Å². The molecule has 120 valence electrons. The molecule has 0 spiro atoms. The number of aryl methyl sites for hydroxylation is 2. The maximum absolute atomic E-state index is 12.7. The summed E-state index contributed by atoms with van der Waals surface area (Å²) in [4.78, 5) is 17.5. The Bertz CT molecular complexity index is 942. The molecule has 2 aromatic carbocycles. The lowest BCUT2D eigenvalue weighted by Gasteiger charge is -2.12. The Morgan fingerprint density at radius 3 is 2.67 bits per heavy atom. The highest BCUT2D eigenvalue weighted by Crippen LogP contribution is 2.28. The molecule has 0 aliphatic heterocycles. The van der Waals surface area contributed by atoms with E-state index in [9.17, 15) is 4.79 Å². The van der Waals surface area contributed by atoms with Gasteiger partial charge in [-0.1, -0.05) is 35.9 Å². The summed E-state index contributed by atoms with van der Waals surface area (Å²) in [7, 11) is 0. The third kappa shape index (κ3) is 2.78. The average molecular weight is 316 g/mol. The maximum Gasteiger partial charge on any atom is 0.252 e. The lowest BCUT2D eigenvalue weighted by atomic mass is 9.99. The van der Waals surface area contributed by atoms with Crippen LogP contribution in [0.4, 0.5) is 0 Å². The van der Waals surface area contributed by atoms with E-state index in [0.717, 1.165) is 40.6 Å². The Hall–Kier alpha value is -2.68. The van der Waals surface area contributed by atoms with E-state index in [0.29, 0.717) is 11.6 Å². The molecule has 3 heteroatoms. The Balaban J connectivity index is 1.90. The second kappa shape index (κ2) is 5.75. The van der Waals surface area contributed by atoms with Crippen LogP contribution >= 0.6 is 0 Å². The van der Waals surface area contributed by atoms with Crippen LogP contribution in [0.2, 0.25) is 0 Å². The molecule has 0 radical (unpaired) electrons. The number of amides is 1. The first-order valence-electron chi connectivity index (χ1n) is 8.40. The molecule has 1 N–H and O–H groups in total. The van der Waals surface area contributed by atoms with Crippen LogP contribution in [0.15, 0.2) is 48.5 Å². The first-order valence-corrected chi connectivity index (χ1v) is 8.40. The zero-order chi connectivity index (χ0) is 16.7. The summed E-state index contributed by atoms with van der Waals surface area (Å²) in [6.07, 6.45) is 2.16. The molecule has 1 aliphatic carbocycles. The van der Waals surface area contributed by atoms with Crippen molar-refractivity contribution in [3.8, 4) is 11.3 Å². The van der Waals surface area contributed by atoms with Crippen LogP contribution in [0.1, 0.15) is 34.3 Å². The summed E-state index contributed by atoms with van der Waals surface area (Å²) < 4.78 is 0. The number of para-hydroxylation sites is 1. The highest BCUT2D eigenvalue weighted by atomic mass is 16.1. The fraction of sp³-hybridized carbons (Fsp3) is 0.238. The first kappa shape index (κ1) is 14.9. The molecule has 3 aromatic rings. The third-order valence-electron chi connectivity index (χ3n) is 4.54. The minimum Gasteiger partial charge on any atom is -0.349 e. The maximum atomic E-state index is 12.7. The SMILES string of the molecule is Cc1ccc(C)c(-c2cc(C(=O)NC3CC3)c3ccccc3n2)c1. The van der Waals surface area contributed by atoms with Crippen molar-refractivity contribution in [1.82, 2.24) is 10.3 Å². The average Bonchev–Trinajstić information content (AvgIpc) is 3.40. The van der Waals surface area contributed by atoms with Crippen molar-refractivity contribution in [3.05, 3.63) is 65.2 Å². The van der Waals surface area contributed by atoms with Gasteiger partial charge in [0.15, 0.2) is 0 Å². The number of nitrogens with one attached hydrogen (secondary N) is 1. The normalized spacial score (nSPS) is 13.9. The van der Waals surface area contributed by atoms with Crippen molar-refractivity contribution < 1.29 is 4.79 Å². The highest BCUT2D eigenvalue weighted by molar-refractivity contribution is 6.07. The molecule has 24 heavy (non-hydrogen) atoms. The van der Waals surface area contributed by atoms with Crippen LogP contribution in [0.25, 0.3) is 22.2 Å². The van der Waals surface area contributed by atoms with Crippen LogP contribution in [0.3, 0.4) is 0 Å². The number of carbonyl (C=O) groups excluding carboxylic acids is 1. The molecule has 3 nitrogen and oxygen atoms in total. The van der Waals surface area contributed by atoms with Gasteiger partial charge in [-0.25, -0.2) is 4.98 Å². The molecule has 0 saturated heterocycles. The van der Waals surface area contributed by atoms with Crippen LogP contribution in [0, 0.1) is 13.8 Å². The van der Waals surface area contributed by atoms with Gasteiger partial charge in [-0.15, -0.1) is 0 Å². The monoisotopic (exact) mass is 316 g/mol. The molecular weight excluding hydrogens is 296 g/mol. The number of fused-ring (bicyclic) bond motifs is 1. The van der Waals surface area contributed by atoms with Crippen LogP contribution in [-0.2, 0) is 0 Å². The molecule has 1 saturated carbocycles. The number of nitrogens with zero attached hydrogens (tertiary/aromatic N) is 1. The van der Waals surface area contributed by atoms with Gasteiger partial charge in [-0.05, 0) is 50.5 Å². The van der Waals surface area contributed by atoms with Crippen molar-refractivity contribution in [2.24, 2.45) is 0 Å². The summed E-state index contributed by atoms with van der Waals surface area (Å²) in [6, 6.07) is 16.5. The second-order valence-corrected chi connectivity index (χ2v) is 6.64. The fourth-order valence-corrected chi connectivity index (χ4v) is 3.00. The predicted octanol–water partition coefficient (Wildman–Crippen LogP) is 4.41. The number of benzene rings is 2. The Labute approximate surface area is 141 Å². The van der Waals surface area contributed by atoms with Crippen LogP contribution < -0.4 is 5.32 Å². The number of pyridine rings is 1. The van der Waals surface area contributed by atoms with E-state index in [1.54, 1.807) is 0 Å². The molecule has 1 fully saturated rings. The Morgan fingerprint density at radius 1 is 1.08 bits per heavy atom. The minimum atomic E-state index is 0.00246. The first-order chi connectivity index (χ1) is 11.6. The number of rotatable bonds is 3. The summed E-state index contributed by atoms with van der Waals surface area (Å²) in [5, 5.41) is 4.01. The van der Waals surface area contributed by atoms with Crippen LogP contribution in [-0.4, -0.2) is 16.9 Å². The molecule has 0 unspecified atom stereocenters. The lowest BCUT2D eigenvalue weighted by molar-refractivity contribution is 0.0952. The van der Waals surface area contributed by atoms with Gasteiger partial charge in [-0.2, -0.15) is 0 Å². The zero-order valence-corrected chi connectivity index (χ0v) is 14.0. The number of hydrogen-bond acceptors (Lipinski definition) is 2. The summed E-state index contributed by atoms with van der Waals surface area (Å²) >= 11 is 0. The molecule has 1 heterocycles. The van der Waals surface area contributed by atoms with Gasteiger partial charge in [0.1, 0.15) is 0 Å². The van der Waals surface area contributed by atoms with Gasteiger partial charge in [0.25, 0.3) is 5.91 Å². The standard InChI is InChI=1S/C21H20N2O/c1-13-7-8-14(2)17(11-13)20-12-18(21(24)22-15-9-10-15)16-5-3-4-6-19(16)23-20/h3-8,11-12,15H,9-10H2,1-2H3,(H,22,24). The quantitative estimate of drug-likeness (QED) is 0.777. The summed E-state index contributed by atoms with van der Waals surface area (Å²) in [5.41, 5.74) is 5.86. The van der Waals surface area contributed by atoms with Crippen molar-refractivity contribution in [2.45, 2.75) is 32.7 Å². The lowest BCUT2D eigenvalue weighted by Crippen LogP contribution is -2.25. The number of carbonyl (C=O) groups is 1. The van der Waals surface area contributed by atoms with Crippen molar-refractivity contribution >= 4 is 16.8 Å². The van der Waals surface area contributed by atoms with E-state index in [1.807, 2.05) is 30.3 Å². The van der Waals surface area contributed by atoms with Gasteiger partial charge in [0.05, 0.1) is 16.8 Å². The summed E-state index contributed by atoms with van der Waals surface area (Å²) in [6.45, 7) is 4.15. The Kier molecular flexibility index (Phi) is 3.57. The highest BCUT2D eigenvalue weighted by Gasteiger charge is 2.25.